The van der Waals surface area contributed by atoms with Crippen LogP contribution in [0.4, 0.5) is 21.0 Å². The van der Waals surface area contributed by atoms with Crippen molar-refractivity contribution < 1.29 is 23.5 Å². The van der Waals surface area contributed by atoms with Crippen LogP contribution in [0.5, 0.6) is 5.75 Å². The minimum Gasteiger partial charge on any atom is -0.496 e. The van der Waals surface area contributed by atoms with Gasteiger partial charge in [-0.05, 0) is 61.7 Å². The highest BCUT2D eigenvalue weighted by Gasteiger charge is 2.28. The first-order chi connectivity index (χ1) is 20.0. The molecular weight excluding hydrogens is 522 g/mol. The fraction of sp³-hybridized carbons (Fsp3) is 0.452. The number of oxazole rings is 1. The monoisotopic (exact) mass is 563 g/mol. The van der Waals surface area contributed by atoms with Crippen molar-refractivity contribution in [2.24, 2.45) is 5.92 Å². The van der Waals surface area contributed by atoms with E-state index in [2.05, 4.69) is 39.7 Å². The van der Waals surface area contributed by atoms with E-state index in [1.807, 2.05) is 18.2 Å². The molecule has 0 radical (unpaired) electrons. The first-order valence-electron chi connectivity index (χ1n) is 14.4. The van der Waals surface area contributed by atoms with E-state index >= 15 is 0 Å². The first-order valence-corrected chi connectivity index (χ1v) is 14.4. The number of carbonyl (C=O) groups is 2. The van der Waals surface area contributed by atoms with Gasteiger partial charge in [0.05, 0.1) is 18.9 Å². The highest BCUT2D eigenvalue weighted by molar-refractivity contribution is 6.00. The molecule has 1 saturated carbocycles. The van der Waals surface area contributed by atoms with Crippen LogP contribution in [0.1, 0.15) is 51.5 Å². The number of anilines is 2. The largest absolute Gasteiger partial charge is 0.496 e. The molecule has 2 aromatic carbocycles. The second-order valence-corrected chi connectivity index (χ2v) is 10.2. The number of alkyl carbamates (subject to hydrolysis) is 1. The fourth-order valence-corrected chi connectivity index (χ4v) is 5.25. The number of methoxy groups -OCH3 is 1. The average molecular weight is 564 g/mol. The molecule has 1 heterocycles. The van der Waals surface area contributed by atoms with E-state index in [9.17, 15) is 9.59 Å². The fourth-order valence-electron chi connectivity index (χ4n) is 5.25. The molecule has 1 atom stereocenters. The number of nitrogens with one attached hydrogen (secondary N) is 3. The van der Waals surface area contributed by atoms with Crippen molar-refractivity contribution in [2.75, 3.05) is 37.4 Å². The third kappa shape index (κ3) is 8.72. The molecule has 3 N–H and O–H groups in total. The van der Waals surface area contributed by atoms with Gasteiger partial charge in [0, 0.05) is 30.5 Å². The van der Waals surface area contributed by atoms with E-state index in [1.165, 1.54) is 25.7 Å². The molecule has 3 aromatic rings. The lowest BCUT2D eigenvalue weighted by molar-refractivity contribution is 0.0251. The van der Waals surface area contributed by atoms with Crippen molar-refractivity contribution in [1.29, 1.82) is 0 Å². The van der Waals surface area contributed by atoms with Crippen molar-refractivity contribution in [1.82, 2.24) is 15.2 Å². The molecule has 0 spiro atoms. The first kappa shape index (κ1) is 29.9. The normalized spacial score (nSPS) is 14.3. The second kappa shape index (κ2) is 15.1. The van der Waals surface area contributed by atoms with Crippen LogP contribution >= 0.6 is 0 Å². The lowest BCUT2D eigenvalue weighted by Gasteiger charge is -2.33. The summed E-state index contributed by atoms with van der Waals surface area (Å²) in [6.45, 7) is 7.18. The molecule has 10 nitrogen and oxygen atoms in total. The van der Waals surface area contributed by atoms with Crippen LogP contribution in [0.2, 0.25) is 0 Å². The molecule has 1 aromatic heterocycles. The average Bonchev–Trinajstić information content (AvgIpc) is 3.53. The Bertz CT molecular complexity index is 1260. The number of nitrogens with zero attached hydrogens (tertiary/aromatic N) is 2. The number of aromatic nitrogens is 1. The maximum Gasteiger partial charge on any atom is 0.407 e. The van der Waals surface area contributed by atoms with Gasteiger partial charge >= 0.3 is 12.1 Å². The van der Waals surface area contributed by atoms with Crippen LogP contribution in [-0.4, -0.2) is 54.9 Å². The molecule has 41 heavy (non-hydrogen) atoms. The maximum atomic E-state index is 12.8. The second-order valence-electron chi connectivity index (χ2n) is 10.2. The lowest BCUT2D eigenvalue weighted by atomic mass is 9.85. The molecule has 4 rings (SSSR count). The summed E-state index contributed by atoms with van der Waals surface area (Å²) in [4.78, 5) is 31.7. The van der Waals surface area contributed by atoms with Crippen LogP contribution in [0.25, 0.3) is 11.3 Å². The zero-order chi connectivity index (χ0) is 29.0. The van der Waals surface area contributed by atoms with Crippen molar-refractivity contribution in [3.8, 4) is 17.1 Å². The van der Waals surface area contributed by atoms with Crippen molar-refractivity contribution >= 4 is 23.5 Å². The lowest BCUT2D eigenvalue weighted by Crippen LogP contribution is -2.42. The number of carbonyl (C=O) groups excluding carboxylic acids is 2. The molecule has 220 valence electrons. The molecule has 0 aliphatic heterocycles. The Morgan fingerprint density at radius 3 is 2.49 bits per heavy atom. The number of amides is 3. The Hall–Kier alpha value is -4.05. The molecule has 0 unspecified atom stereocenters. The van der Waals surface area contributed by atoms with Crippen LogP contribution in [0.15, 0.2) is 59.5 Å². The van der Waals surface area contributed by atoms with E-state index < -0.39 is 12.1 Å². The van der Waals surface area contributed by atoms with Crippen molar-refractivity contribution in [3.05, 3.63) is 60.6 Å². The number of likely N-dealkylation sites (N-methyl/N-ethyl adjacent to an activating group) is 1. The van der Waals surface area contributed by atoms with Gasteiger partial charge in [-0.15, -0.1) is 0 Å². The van der Waals surface area contributed by atoms with E-state index in [-0.39, 0.29) is 6.10 Å². The predicted octanol–water partition coefficient (Wildman–Crippen LogP) is 6.51. The van der Waals surface area contributed by atoms with Crippen molar-refractivity contribution in [2.45, 2.75) is 58.6 Å². The minimum atomic E-state index is -0.411. The van der Waals surface area contributed by atoms with Gasteiger partial charge < -0.3 is 34.7 Å². The van der Waals surface area contributed by atoms with E-state index in [0.29, 0.717) is 35.3 Å². The molecule has 0 saturated heterocycles. The molecular formula is C31H41N5O5. The van der Waals surface area contributed by atoms with Gasteiger partial charge in [0.2, 0.25) is 0 Å². The number of urea groups is 1. The predicted molar refractivity (Wildman–Crippen MR) is 159 cm³/mol. The Morgan fingerprint density at radius 2 is 1.80 bits per heavy atom. The molecule has 1 fully saturated rings. The summed E-state index contributed by atoms with van der Waals surface area (Å²) in [6, 6.07) is 12.2. The number of rotatable bonds is 12. The van der Waals surface area contributed by atoms with Gasteiger partial charge in [0.25, 0.3) is 0 Å². The molecule has 0 bridgehead atoms. The molecule has 1 aliphatic carbocycles. The van der Waals surface area contributed by atoms with Crippen LogP contribution in [0, 0.1) is 5.92 Å². The summed E-state index contributed by atoms with van der Waals surface area (Å²) in [6.07, 6.45) is 8.28. The van der Waals surface area contributed by atoms with E-state index in [0.717, 1.165) is 43.6 Å². The van der Waals surface area contributed by atoms with E-state index in [1.54, 1.807) is 37.6 Å². The Balaban J connectivity index is 1.30. The van der Waals surface area contributed by atoms with E-state index in [4.69, 9.17) is 13.9 Å². The Kier molecular flexibility index (Phi) is 11.0. The van der Waals surface area contributed by atoms with Gasteiger partial charge in [-0.25, -0.2) is 14.6 Å². The maximum absolute atomic E-state index is 12.8. The topological polar surface area (TPSA) is 118 Å². The third-order valence-electron chi connectivity index (χ3n) is 7.55. The molecule has 1 aliphatic rings. The van der Waals surface area contributed by atoms with Crippen LogP contribution in [0.3, 0.4) is 0 Å². The number of hydrogen-bond donors (Lipinski definition) is 3. The summed E-state index contributed by atoms with van der Waals surface area (Å²) in [7, 11) is 1.55. The highest BCUT2D eigenvalue weighted by atomic mass is 16.6. The zero-order valence-electron chi connectivity index (χ0n) is 24.2. The number of ether oxygens (including phenoxy) is 2. The van der Waals surface area contributed by atoms with Gasteiger partial charge in [0.1, 0.15) is 11.9 Å². The Morgan fingerprint density at radius 1 is 1.05 bits per heavy atom. The van der Waals surface area contributed by atoms with Gasteiger partial charge in [-0.1, -0.05) is 45.2 Å². The minimum absolute atomic E-state index is 0.115. The summed E-state index contributed by atoms with van der Waals surface area (Å²) in [5, 5.41) is 8.55. The summed E-state index contributed by atoms with van der Waals surface area (Å²) >= 11 is 0. The SMILES string of the molecule is CCN(CC)C[C@@H](OC(=O)NCc1cccc(NC(=O)Nc2ccc(-c3cnco3)c(OC)c2)c1)C1CCCCC1. The quantitative estimate of drug-likeness (QED) is 0.230. The number of hydrogen-bond acceptors (Lipinski definition) is 7. The van der Waals surface area contributed by atoms with Gasteiger partial charge in [-0.3, -0.25) is 0 Å². The van der Waals surface area contributed by atoms with Crippen molar-refractivity contribution in [3.63, 3.8) is 0 Å². The standard InChI is InChI=1S/C31H41N5O5/c1-4-36(5-2)20-29(23-11-7-6-8-12-23)41-31(38)33-18-22-10-9-13-24(16-22)34-30(37)35-25-14-15-26(27(17-25)39-3)28-19-32-21-40-28/h9-10,13-17,19,21,23,29H,4-8,11-12,18,20H2,1-3H3,(H,33,38)(H2,34,35,37)/t29-/m1/s1. The summed E-state index contributed by atoms with van der Waals surface area (Å²) < 4.78 is 16.8. The zero-order valence-corrected chi connectivity index (χ0v) is 24.2. The van der Waals surface area contributed by atoms with Crippen LogP contribution in [-0.2, 0) is 11.3 Å². The molecule has 10 heteroatoms. The van der Waals surface area contributed by atoms with Crippen LogP contribution < -0.4 is 20.7 Å². The Labute approximate surface area is 241 Å². The smallest absolute Gasteiger partial charge is 0.407 e. The summed E-state index contributed by atoms with van der Waals surface area (Å²) in [5.41, 5.74) is 2.73. The number of benzene rings is 2. The van der Waals surface area contributed by atoms with Gasteiger partial charge in [0.15, 0.2) is 12.2 Å². The highest BCUT2D eigenvalue weighted by Crippen LogP contribution is 2.32. The van der Waals surface area contributed by atoms with Gasteiger partial charge in [-0.2, -0.15) is 0 Å². The molecule has 3 amide bonds. The summed E-state index contributed by atoms with van der Waals surface area (Å²) in [5.74, 6) is 1.52. The third-order valence-corrected chi connectivity index (χ3v) is 7.55.